The summed E-state index contributed by atoms with van der Waals surface area (Å²) < 4.78 is 13.2. The Hall–Kier alpha value is -2.70. The van der Waals surface area contributed by atoms with Crippen LogP contribution < -0.4 is 0 Å². The molecule has 0 amide bonds. The van der Waals surface area contributed by atoms with E-state index in [4.69, 9.17) is 9.26 Å². The summed E-state index contributed by atoms with van der Waals surface area (Å²) in [6.07, 6.45) is 2.17. The number of ketones is 1. The van der Waals surface area contributed by atoms with E-state index in [1.54, 1.807) is 0 Å². The third kappa shape index (κ3) is 4.55. The smallest absolute Gasteiger partial charge is 0.180 e. The summed E-state index contributed by atoms with van der Waals surface area (Å²) in [5.41, 5.74) is 3.85. The van der Waals surface area contributed by atoms with Crippen LogP contribution >= 0.6 is 0 Å². The van der Waals surface area contributed by atoms with Crippen molar-refractivity contribution in [2.75, 3.05) is 19.6 Å². The molecule has 1 saturated heterocycles. The average molecular weight is 408 g/mol. The topological polar surface area (TPSA) is 60.5 Å². The molecular formula is C24H29N3O3. The van der Waals surface area contributed by atoms with Gasteiger partial charge in [-0.1, -0.05) is 35.5 Å². The second-order valence-electron chi connectivity index (χ2n) is 8.11. The van der Waals surface area contributed by atoms with Crippen LogP contribution in [0.25, 0.3) is 5.82 Å². The maximum Gasteiger partial charge on any atom is 0.180 e. The van der Waals surface area contributed by atoms with E-state index in [1.165, 1.54) is 5.56 Å². The van der Waals surface area contributed by atoms with Crippen molar-refractivity contribution in [2.45, 2.75) is 46.3 Å². The Morgan fingerprint density at radius 3 is 2.53 bits per heavy atom. The van der Waals surface area contributed by atoms with E-state index in [1.807, 2.05) is 55.7 Å². The second-order valence-corrected chi connectivity index (χ2v) is 8.11. The molecular weight excluding hydrogens is 378 g/mol. The Morgan fingerprint density at radius 1 is 1.13 bits per heavy atom. The molecule has 30 heavy (non-hydrogen) atoms. The molecule has 0 bridgehead atoms. The molecule has 158 valence electrons. The Bertz CT molecular complexity index is 998. The first-order chi connectivity index (χ1) is 14.5. The van der Waals surface area contributed by atoms with Gasteiger partial charge in [0.25, 0.3) is 0 Å². The van der Waals surface area contributed by atoms with Crippen molar-refractivity contribution >= 4 is 5.78 Å². The number of likely N-dealkylation sites (tertiary alicyclic amines) is 1. The van der Waals surface area contributed by atoms with Crippen LogP contribution in [0, 0.1) is 20.8 Å². The van der Waals surface area contributed by atoms with Crippen molar-refractivity contribution in [2.24, 2.45) is 0 Å². The van der Waals surface area contributed by atoms with Gasteiger partial charge in [0.05, 0.1) is 19.3 Å². The first kappa shape index (κ1) is 20.6. The highest BCUT2D eigenvalue weighted by Gasteiger charge is 2.24. The minimum Gasteiger partial charge on any atom is -0.373 e. The predicted octanol–water partition coefficient (Wildman–Crippen LogP) is 4.25. The number of aryl methyl sites for hydroxylation is 2. The van der Waals surface area contributed by atoms with Crippen molar-refractivity contribution < 1.29 is 14.1 Å². The molecule has 4 rings (SSSR count). The van der Waals surface area contributed by atoms with Crippen LogP contribution in [0.4, 0.5) is 0 Å². The molecule has 0 atom stereocenters. The normalized spacial score (nSPS) is 15.6. The summed E-state index contributed by atoms with van der Waals surface area (Å²) >= 11 is 0. The van der Waals surface area contributed by atoms with Gasteiger partial charge in [0, 0.05) is 36.1 Å². The molecule has 0 radical (unpaired) electrons. The van der Waals surface area contributed by atoms with Gasteiger partial charge >= 0.3 is 0 Å². The quantitative estimate of drug-likeness (QED) is 0.548. The zero-order valence-corrected chi connectivity index (χ0v) is 17.9. The first-order valence-corrected chi connectivity index (χ1v) is 10.5. The summed E-state index contributed by atoms with van der Waals surface area (Å²) in [6, 6.07) is 14.1. The number of aromatic nitrogens is 2. The van der Waals surface area contributed by atoms with E-state index in [9.17, 15) is 4.79 Å². The van der Waals surface area contributed by atoms with Gasteiger partial charge in [-0.2, -0.15) is 0 Å². The van der Waals surface area contributed by atoms with Gasteiger partial charge in [0.2, 0.25) is 0 Å². The summed E-state index contributed by atoms with van der Waals surface area (Å²) in [6.45, 7) is 8.67. The van der Waals surface area contributed by atoms with E-state index in [0.717, 1.165) is 54.5 Å². The standard InChI is InChI=1S/C24H29N3O3/c1-17-13-22(19(3)27(17)24-14-18(2)30-25-24)23(28)15-26-11-9-21(10-12-26)29-16-20-7-5-4-6-8-20/h4-8,13-14,21H,9-12,15-16H2,1-3H3. The minimum atomic E-state index is 0.151. The monoisotopic (exact) mass is 407 g/mol. The lowest BCUT2D eigenvalue weighted by Gasteiger charge is -2.31. The zero-order chi connectivity index (χ0) is 21.1. The minimum absolute atomic E-state index is 0.151. The molecule has 3 heterocycles. The molecule has 0 spiro atoms. The lowest BCUT2D eigenvalue weighted by molar-refractivity contribution is -0.00163. The van der Waals surface area contributed by atoms with E-state index >= 15 is 0 Å². The van der Waals surface area contributed by atoms with E-state index < -0.39 is 0 Å². The van der Waals surface area contributed by atoms with Crippen molar-refractivity contribution in [3.05, 3.63) is 70.7 Å². The molecule has 0 unspecified atom stereocenters. The summed E-state index contributed by atoms with van der Waals surface area (Å²) in [5.74, 6) is 1.62. The summed E-state index contributed by atoms with van der Waals surface area (Å²) in [7, 11) is 0. The lowest BCUT2D eigenvalue weighted by atomic mass is 10.1. The van der Waals surface area contributed by atoms with Crippen molar-refractivity contribution in [3.63, 3.8) is 0 Å². The van der Waals surface area contributed by atoms with Gasteiger partial charge in [0.15, 0.2) is 11.6 Å². The van der Waals surface area contributed by atoms with Gasteiger partial charge in [-0.25, -0.2) is 0 Å². The Balaban J connectivity index is 1.32. The number of piperidine rings is 1. The molecule has 0 N–H and O–H groups in total. The fourth-order valence-electron chi connectivity index (χ4n) is 4.17. The number of Topliss-reactive ketones (excluding diaryl/α,β-unsaturated/α-hetero) is 1. The number of rotatable bonds is 7. The van der Waals surface area contributed by atoms with E-state index in [2.05, 4.69) is 22.2 Å². The molecule has 1 fully saturated rings. The summed E-state index contributed by atoms with van der Waals surface area (Å²) in [5, 5.41) is 4.10. The maximum atomic E-state index is 13.0. The SMILES string of the molecule is Cc1cc(-n2c(C)cc(C(=O)CN3CCC(OCc4ccccc4)CC3)c2C)no1. The third-order valence-electron chi connectivity index (χ3n) is 5.81. The highest BCUT2D eigenvalue weighted by Crippen LogP contribution is 2.22. The average Bonchev–Trinajstić information content (AvgIpc) is 3.30. The number of hydrogen-bond donors (Lipinski definition) is 0. The third-order valence-corrected chi connectivity index (χ3v) is 5.81. The number of carbonyl (C=O) groups excluding carboxylic acids is 1. The van der Waals surface area contributed by atoms with Gasteiger partial charge in [-0.15, -0.1) is 0 Å². The molecule has 1 aromatic carbocycles. The van der Waals surface area contributed by atoms with Crippen LogP contribution in [0.5, 0.6) is 0 Å². The predicted molar refractivity (Wildman–Crippen MR) is 115 cm³/mol. The summed E-state index contributed by atoms with van der Waals surface area (Å²) in [4.78, 5) is 15.2. The van der Waals surface area contributed by atoms with Crippen molar-refractivity contribution in [3.8, 4) is 5.82 Å². The molecule has 2 aromatic heterocycles. The molecule has 6 nitrogen and oxygen atoms in total. The Kier molecular flexibility index (Phi) is 6.16. The Morgan fingerprint density at radius 2 is 1.87 bits per heavy atom. The van der Waals surface area contributed by atoms with Gasteiger partial charge in [-0.3, -0.25) is 14.3 Å². The largest absolute Gasteiger partial charge is 0.373 e. The first-order valence-electron chi connectivity index (χ1n) is 10.5. The fraction of sp³-hybridized carbons (Fsp3) is 0.417. The van der Waals surface area contributed by atoms with Crippen LogP contribution in [0.2, 0.25) is 0 Å². The molecule has 0 aliphatic carbocycles. The van der Waals surface area contributed by atoms with Crippen molar-refractivity contribution in [1.82, 2.24) is 14.6 Å². The molecule has 1 aliphatic rings. The molecule has 1 aliphatic heterocycles. The van der Waals surface area contributed by atoms with Crippen LogP contribution in [0.1, 0.15) is 45.9 Å². The van der Waals surface area contributed by atoms with E-state index in [-0.39, 0.29) is 11.9 Å². The number of hydrogen-bond acceptors (Lipinski definition) is 5. The Labute approximate surface area is 177 Å². The zero-order valence-electron chi connectivity index (χ0n) is 17.9. The molecule has 3 aromatic rings. The number of benzene rings is 1. The maximum absolute atomic E-state index is 13.0. The van der Waals surface area contributed by atoms with Crippen LogP contribution in [0.3, 0.4) is 0 Å². The van der Waals surface area contributed by atoms with E-state index in [0.29, 0.717) is 13.2 Å². The number of nitrogens with zero attached hydrogens (tertiary/aromatic N) is 3. The van der Waals surface area contributed by atoms with Gasteiger partial charge in [-0.05, 0) is 45.2 Å². The van der Waals surface area contributed by atoms with Crippen LogP contribution in [-0.4, -0.2) is 46.1 Å². The highest BCUT2D eigenvalue weighted by atomic mass is 16.5. The fourth-order valence-corrected chi connectivity index (χ4v) is 4.17. The van der Waals surface area contributed by atoms with Crippen LogP contribution in [-0.2, 0) is 11.3 Å². The molecule has 0 saturated carbocycles. The van der Waals surface area contributed by atoms with Gasteiger partial charge < -0.3 is 9.26 Å². The highest BCUT2D eigenvalue weighted by molar-refractivity contribution is 5.99. The lowest BCUT2D eigenvalue weighted by Crippen LogP contribution is -2.39. The van der Waals surface area contributed by atoms with Crippen molar-refractivity contribution in [1.29, 1.82) is 0 Å². The number of ether oxygens (including phenoxy) is 1. The van der Waals surface area contributed by atoms with Gasteiger partial charge in [0.1, 0.15) is 5.76 Å². The molecule has 6 heteroatoms. The second kappa shape index (κ2) is 8.98. The number of carbonyl (C=O) groups is 1. The van der Waals surface area contributed by atoms with Crippen LogP contribution in [0.15, 0.2) is 47.0 Å².